The van der Waals surface area contributed by atoms with Gasteiger partial charge in [0.2, 0.25) is 0 Å². The van der Waals surface area contributed by atoms with Crippen LogP contribution in [0.3, 0.4) is 0 Å². The van der Waals surface area contributed by atoms with Gasteiger partial charge in [-0.15, -0.1) is 0 Å². The molecule has 0 aromatic carbocycles. The molecule has 0 atom stereocenters. The zero-order valence-corrected chi connectivity index (χ0v) is 15.2. The summed E-state index contributed by atoms with van der Waals surface area (Å²) in [6, 6.07) is 2.71. The first kappa shape index (κ1) is 17.1. The van der Waals surface area contributed by atoms with Gasteiger partial charge in [0.15, 0.2) is 6.29 Å². The Morgan fingerprint density at radius 1 is 1.23 bits per heavy atom. The quantitative estimate of drug-likeness (QED) is 0.788. The minimum atomic E-state index is 0.543. The van der Waals surface area contributed by atoms with E-state index in [2.05, 4.69) is 21.2 Å². The molecule has 138 valence electrons. The molecule has 1 N–H and O–H groups in total. The van der Waals surface area contributed by atoms with Crippen LogP contribution in [-0.4, -0.2) is 29.2 Å². The van der Waals surface area contributed by atoms with Crippen LogP contribution in [0, 0.1) is 0 Å². The monoisotopic (exact) mass is 353 g/mol. The Kier molecular flexibility index (Phi) is 5.23. The van der Waals surface area contributed by atoms with Gasteiger partial charge in [0.05, 0.1) is 11.7 Å². The van der Waals surface area contributed by atoms with Crippen molar-refractivity contribution in [2.75, 3.05) is 13.2 Å². The fourth-order valence-electron chi connectivity index (χ4n) is 4.33. The number of hydrogen-bond donors (Lipinski definition) is 1. The van der Waals surface area contributed by atoms with Crippen LogP contribution in [0.1, 0.15) is 63.1 Å². The van der Waals surface area contributed by atoms with Crippen molar-refractivity contribution in [1.29, 1.82) is 0 Å². The van der Waals surface area contributed by atoms with Crippen molar-refractivity contribution in [1.82, 2.24) is 15.1 Å². The zero-order valence-electron chi connectivity index (χ0n) is 15.2. The van der Waals surface area contributed by atoms with Crippen LogP contribution in [0.4, 0.5) is 0 Å². The highest BCUT2D eigenvalue weighted by Crippen LogP contribution is 2.37. The summed E-state index contributed by atoms with van der Waals surface area (Å²) in [7, 11) is 0. The molecule has 5 nitrogen and oxygen atoms in total. The molecule has 2 aliphatic carbocycles. The fourth-order valence-corrected chi connectivity index (χ4v) is 4.33. The highest BCUT2D eigenvalue weighted by atomic mass is 16.5. The molecule has 0 spiro atoms. The molecule has 1 aromatic rings. The van der Waals surface area contributed by atoms with Gasteiger partial charge in [-0.3, -0.25) is 9.48 Å². The lowest BCUT2D eigenvalue weighted by Gasteiger charge is -2.24. The molecular formula is C21H27N3O2. The topological polar surface area (TPSA) is 56.1 Å². The van der Waals surface area contributed by atoms with E-state index in [0.717, 1.165) is 19.1 Å². The van der Waals surface area contributed by atoms with E-state index in [4.69, 9.17) is 4.74 Å². The SMILES string of the molecule is O=CC1=C(OCC2=C(c3ccnn3C3CCCC3)CCCC2)C=CCN1. The number of nitrogens with zero attached hydrogens (tertiary/aromatic N) is 2. The lowest BCUT2D eigenvalue weighted by Crippen LogP contribution is -2.21. The minimum Gasteiger partial charge on any atom is -0.487 e. The summed E-state index contributed by atoms with van der Waals surface area (Å²) in [6.45, 7) is 1.22. The Labute approximate surface area is 154 Å². The third kappa shape index (κ3) is 3.48. The first-order chi connectivity index (χ1) is 12.9. The molecule has 4 rings (SSSR count). The van der Waals surface area contributed by atoms with E-state index in [1.165, 1.54) is 55.4 Å². The number of aromatic nitrogens is 2. The van der Waals surface area contributed by atoms with Gasteiger partial charge in [0, 0.05) is 12.7 Å². The minimum absolute atomic E-state index is 0.543. The Bertz CT molecular complexity index is 751. The van der Waals surface area contributed by atoms with E-state index < -0.39 is 0 Å². The number of dihydropyridines is 1. The third-order valence-corrected chi connectivity index (χ3v) is 5.70. The normalized spacial score (nSPS) is 21.2. The molecule has 1 aliphatic heterocycles. The van der Waals surface area contributed by atoms with Crippen LogP contribution in [0.15, 0.2) is 41.4 Å². The van der Waals surface area contributed by atoms with Crippen LogP contribution < -0.4 is 5.32 Å². The number of nitrogens with one attached hydrogen (secondary N) is 1. The van der Waals surface area contributed by atoms with Gasteiger partial charge in [0.25, 0.3) is 0 Å². The van der Waals surface area contributed by atoms with Crippen LogP contribution in [0.2, 0.25) is 0 Å². The van der Waals surface area contributed by atoms with Crippen molar-refractivity contribution in [2.24, 2.45) is 0 Å². The predicted molar refractivity (Wildman–Crippen MR) is 101 cm³/mol. The molecule has 0 unspecified atom stereocenters. The van der Waals surface area contributed by atoms with Crippen LogP contribution in [0.5, 0.6) is 0 Å². The van der Waals surface area contributed by atoms with Gasteiger partial charge in [0.1, 0.15) is 18.1 Å². The number of carbonyl (C=O) groups is 1. The molecule has 26 heavy (non-hydrogen) atoms. The lowest BCUT2D eigenvalue weighted by molar-refractivity contribution is -0.105. The number of hydrogen-bond acceptors (Lipinski definition) is 4. The summed E-state index contributed by atoms with van der Waals surface area (Å²) in [6.07, 6.45) is 16.3. The van der Waals surface area contributed by atoms with Crippen LogP contribution in [-0.2, 0) is 9.53 Å². The second-order valence-corrected chi connectivity index (χ2v) is 7.36. The highest BCUT2D eigenvalue weighted by Gasteiger charge is 2.24. The van der Waals surface area contributed by atoms with Crippen molar-refractivity contribution in [3.63, 3.8) is 0 Å². The Morgan fingerprint density at radius 3 is 2.92 bits per heavy atom. The molecule has 1 saturated carbocycles. The van der Waals surface area contributed by atoms with E-state index in [1.807, 2.05) is 18.3 Å². The fraction of sp³-hybridized carbons (Fsp3) is 0.524. The molecule has 3 aliphatic rings. The number of carbonyl (C=O) groups excluding carboxylic acids is 1. The van der Waals surface area contributed by atoms with Gasteiger partial charge < -0.3 is 10.1 Å². The third-order valence-electron chi connectivity index (χ3n) is 5.70. The smallest absolute Gasteiger partial charge is 0.169 e. The van der Waals surface area contributed by atoms with E-state index in [-0.39, 0.29) is 0 Å². The Hall–Kier alpha value is -2.30. The molecule has 5 heteroatoms. The van der Waals surface area contributed by atoms with Crippen LogP contribution in [0.25, 0.3) is 5.57 Å². The predicted octanol–water partition coefficient (Wildman–Crippen LogP) is 3.91. The van der Waals surface area contributed by atoms with Crippen molar-refractivity contribution in [3.8, 4) is 0 Å². The Balaban J connectivity index is 1.58. The Morgan fingerprint density at radius 2 is 2.08 bits per heavy atom. The van der Waals surface area contributed by atoms with E-state index >= 15 is 0 Å². The molecule has 0 amide bonds. The summed E-state index contributed by atoms with van der Waals surface area (Å²) in [5.41, 5.74) is 4.58. The summed E-state index contributed by atoms with van der Waals surface area (Å²) in [4.78, 5) is 11.2. The average molecular weight is 353 g/mol. The van der Waals surface area contributed by atoms with E-state index in [9.17, 15) is 4.79 Å². The van der Waals surface area contributed by atoms with Crippen molar-refractivity contribution < 1.29 is 9.53 Å². The van der Waals surface area contributed by atoms with Crippen molar-refractivity contribution in [3.05, 3.63) is 47.1 Å². The number of allylic oxidation sites excluding steroid dienone is 3. The lowest BCUT2D eigenvalue weighted by atomic mass is 9.90. The van der Waals surface area contributed by atoms with Gasteiger partial charge in [-0.2, -0.15) is 5.10 Å². The molecule has 0 radical (unpaired) electrons. The first-order valence-corrected chi connectivity index (χ1v) is 9.84. The molecule has 2 heterocycles. The standard InChI is InChI=1S/C21H27N3O2/c25-14-19-21(10-5-12-22-19)26-15-16-6-1-4-9-18(16)20-11-13-23-24(20)17-7-2-3-8-17/h5,10-11,13-14,17,22H,1-4,6-9,12,15H2. The van der Waals surface area contributed by atoms with Crippen molar-refractivity contribution in [2.45, 2.75) is 57.4 Å². The summed E-state index contributed by atoms with van der Waals surface area (Å²) in [5.74, 6) is 0.646. The molecule has 0 saturated heterocycles. The molecule has 1 aromatic heterocycles. The van der Waals surface area contributed by atoms with Gasteiger partial charge in [-0.25, -0.2) is 0 Å². The maximum Gasteiger partial charge on any atom is 0.169 e. The zero-order chi connectivity index (χ0) is 17.8. The van der Waals surface area contributed by atoms with Gasteiger partial charge in [-0.1, -0.05) is 18.9 Å². The van der Waals surface area contributed by atoms with Crippen molar-refractivity contribution >= 4 is 11.9 Å². The van der Waals surface area contributed by atoms with Crippen LogP contribution >= 0.6 is 0 Å². The second-order valence-electron chi connectivity index (χ2n) is 7.36. The van der Waals surface area contributed by atoms with Gasteiger partial charge >= 0.3 is 0 Å². The molecule has 0 bridgehead atoms. The average Bonchev–Trinajstić information content (AvgIpc) is 3.38. The number of ether oxygens (including phenoxy) is 1. The van der Waals surface area contributed by atoms with Gasteiger partial charge in [-0.05, 0) is 61.8 Å². The maximum atomic E-state index is 11.2. The number of aldehydes is 1. The largest absolute Gasteiger partial charge is 0.487 e. The van der Waals surface area contributed by atoms with E-state index in [0.29, 0.717) is 30.6 Å². The van der Waals surface area contributed by atoms with E-state index in [1.54, 1.807) is 0 Å². The molecule has 1 fully saturated rings. The number of rotatable bonds is 6. The second kappa shape index (κ2) is 7.94. The summed E-state index contributed by atoms with van der Waals surface area (Å²) < 4.78 is 8.29. The summed E-state index contributed by atoms with van der Waals surface area (Å²) >= 11 is 0. The highest BCUT2D eigenvalue weighted by molar-refractivity contribution is 5.74. The first-order valence-electron chi connectivity index (χ1n) is 9.84. The molecular weight excluding hydrogens is 326 g/mol. The maximum absolute atomic E-state index is 11.2. The summed E-state index contributed by atoms with van der Waals surface area (Å²) in [5, 5.41) is 7.71.